The number of hydrogen-bond donors (Lipinski definition) is 1. The fraction of sp³-hybridized carbons (Fsp3) is 0.353. The Labute approximate surface area is 143 Å². The molecule has 1 aromatic carbocycles. The Bertz CT molecular complexity index is 606. The highest BCUT2D eigenvalue weighted by molar-refractivity contribution is 9.10. The fourth-order valence-corrected chi connectivity index (χ4v) is 3.84. The molecule has 0 spiro atoms. The van der Waals surface area contributed by atoms with Crippen molar-refractivity contribution in [2.45, 2.75) is 18.9 Å². The monoisotopic (exact) mass is 378 g/mol. The number of halogens is 1. The summed E-state index contributed by atoms with van der Waals surface area (Å²) in [5.41, 5.74) is 2.01. The summed E-state index contributed by atoms with van der Waals surface area (Å²) in [6, 6.07) is 9.92. The predicted octanol–water partition coefficient (Wildman–Crippen LogP) is 4.08. The van der Waals surface area contributed by atoms with Crippen LogP contribution in [0.1, 0.15) is 34.8 Å². The molecule has 1 amide bonds. The third kappa shape index (κ3) is 3.77. The van der Waals surface area contributed by atoms with E-state index < -0.39 is 0 Å². The molecule has 1 N–H and O–H groups in total. The van der Waals surface area contributed by atoms with E-state index in [0.29, 0.717) is 12.1 Å². The SMILES string of the molecule is O=C(NCC(c1ccsc1)N1CCCC1)c1ccc(Br)cc1. The third-order valence-electron chi connectivity index (χ3n) is 4.07. The van der Waals surface area contributed by atoms with E-state index in [2.05, 4.69) is 43.0 Å². The van der Waals surface area contributed by atoms with Gasteiger partial charge in [-0.05, 0) is 72.6 Å². The quantitative estimate of drug-likeness (QED) is 0.849. The molecule has 5 heteroatoms. The maximum atomic E-state index is 12.3. The number of nitrogens with zero attached hydrogens (tertiary/aromatic N) is 1. The number of hydrogen-bond acceptors (Lipinski definition) is 3. The highest BCUT2D eigenvalue weighted by Crippen LogP contribution is 2.26. The van der Waals surface area contributed by atoms with Crippen molar-refractivity contribution >= 4 is 33.2 Å². The number of amides is 1. The summed E-state index contributed by atoms with van der Waals surface area (Å²) in [6.07, 6.45) is 2.50. The fourth-order valence-electron chi connectivity index (χ4n) is 2.87. The lowest BCUT2D eigenvalue weighted by Gasteiger charge is -2.27. The first-order valence-corrected chi connectivity index (χ1v) is 9.27. The Morgan fingerprint density at radius 1 is 1.23 bits per heavy atom. The second-order valence-electron chi connectivity index (χ2n) is 5.53. The van der Waals surface area contributed by atoms with Gasteiger partial charge in [-0.15, -0.1) is 0 Å². The molecule has 2 aromatic rings. The van der Waals surface area contributed by atoms with Crippen LogP contribution in [0.5, 0.6) is 0 Å². The van der Waals surface area contributed by atoms with Crippen LogP contribution in [-0.4, -0.2) is 30.4 Å². The van der Waals surface area contributed by atoms with E-state index in [1.807, 2.05) is 24.3 Å². The summed E-state index contributed by atoms with van der Waals surface area (Å²) < 4.78 is 0.984. The Morgan fingerprint density at radius 3 is 2.59 bits per heavy atom. The maximum absolute atomic E-state index is 12.3. The first-order valence-electron chi connectivity index (χ1n) is 7.54. The molecule has 0 saturated carbocycles. The maximum Gasteiger partial charge on any atom is 0.251 e. The highest BCUT2D eigenvalue weighted by atomic mass is 79.9. The number of carbonyl (C=O) groups is 1. The van der Waals surface area contributed by atoms with Crippen molar-refractivity contribution in [2.75, 3.05) is 19.6 Å². The molecule has 3 rings (SSSR count). The summed E-state index contributed by atoms with van der Waals surface area (Å²) in [5, 5.41) is 7.39. The molecule has 0 bridgehead atoms. The number of carbonyl (C=O) groups excluding carboxylic acids is 1. The Balaban J connectivity index is 1.66. The molecule has 0 radical (unpaired) electrons. The molecule has 1 aliphatic heterocycles. The molecular weight excluding hydrogens is 360 g/mol. The van der Waals surface area contributed by atoms with E-state index in [4.69, 9.17) is 0 Å². The van der Waals surface area contributed by atoms with Crippen molar-refractivity contribution in [1.82, 2.24) is 10.2 Å². The predicted molar refractivity (Wildman–Crippen MR) is 94.3 cm³/mol. The van der Waals surface area contributed by atoms with Gasteiger partial charge in [-0.2, -0.15) is 11.3 Å². The van der Waals surface area contributed by atoms with Crippen LogP contribution >= 0.6 is 27.3 Å². The first kappa shape index (κ1) is 15.7. The molecule has 1 aliphatic rings. The summed E-state index contributed by atoms with van der Waals surface area (Å²) in [7, 11) is 0. The molecule has 1 aromatic heterocycles. The lowest BCUT2D eigenvalue weighted by atomic mass is 10.1. The number of nitrogens with one attached hydrogen (secondary N) is 1. The molecule has 1 atom stereocenters. The number of thiophene rings is 1. The van der Waals surface area contributed by atoms with Gasteiger partial charge in [0.25, 0.3) is 5.91 Å². The molecule has 0 aliphatic carbocycles. The standard InChI is InChI=1S/C17H19BrN2OS/c18-15-5-3-13(4-6-15)17(21)19-11-16(14-7-10-22-12-14)20-8-1-2-9-20/h3-7,10,12,16H,1-2,8-9,11H2,(H,19,21). The van der Waals surface area contributed by atoms with E-state index in [9.17, 15) is 4.79 Å². The normalized spacial score (nSPS) is 16.6. The zero-order valence-electron chi connectivity index (χ0n) is 12.3. The molecule has 22 heavy (non-hydrogen) atoms. The minimum absolute atomic E-state index is 0.00748. The summed E-state index contributed by atoms with van der Waals surface area (Å²) in [6.45, 7) is 2.90. The van der Waals surface area contributed by atoms with E-state index in [-0.39, 0.29) is 11.9 Å². The average Bonchev–Trinajstić information content (AvgIpc) is 3.22. The van der Waals surface area contributed by atoms with Gasteiger partial charge in [-0.3, -0.25) is 9.69 Å². The third-order valence-corrected chi connectivity index (χ3v) is 5.30. The summed E-state index contributed by atoms with van der Waals surface area (Å²) in [5.74, 6) is -0.00748. The van der Waals surface area contributed by atoms with Crippen LogP contribution in [-0.2, 0) is 0 Å². The zero-order valence-corrected chi connectivity index (χ0v) is 14.7. The minimum atomic E-state index is -0.00748. The van der Waals surface area contributed by atoms with Gasteiger partial charge in [0.15, 0.2) is 0 Å². The van der Waals surface area contributed by atoms with Gasteiger partial charge in [0.05, 0.1) is 6.04 Å². The number of rotatable bonds is 5. The zero-order chi connectivity index (χ0) is 15.4. The largest absolute Gasteiger partial charge is 0.350 e. The molecular formula is C17H19BrN2OS. The highest BCUT2D eigenvalue weighted by Gasteiger charge is 2.24. The van der Waals surface area contributed by atoms with Gasteiger partial charge >= 0.3 is 0 Å². The Morgan fingerprint density at radius 2 is 1.95 bits per heavy atom. The van der Waals surface area contributed by atoms with E-state index in [1.165, 1.54) is 18.4 Å². The van der Waals surface area contributed by atoms with Gasteiger partial charge in [-0.1, -0.05) is 15.9 Å². The van der Waals surface area contributed by atoms with E-state index in [1.54, 1.807) is 11.3 Å². The van der Waals surface area contributed by atoms with Crippen LogP contribution in [0.25, 0.3) is 0 Å². The van der Waals surface area contributed by atoms with Crippen molar-refractivity contribution in [3.8, 4) is 0 Å². The molecule has 1 fully saturated rings. The second kappa shape index (κ2) is 7.40. The Hall–Kier alpha value is -1.17. The molecule has 3 nitrogen and oxygen atoms in total. The average molecular weight is 379 g/mol. The van der Waals surface area contributed by atoms with E-state index >= 15 is 0 Å². The molecule has 2 heterocycles. The van der Waals surface area contributed by atoms with Gasteiger partial charge < -0.3 is 5.32 Å². The van der Waals surface area contributed by atoms with Crippen LogP contribution < -0.4 is 5.32 Å². The lowest BCUT2D eigenvalue weighted by molar-refractivity contribution is 0.0938. The van der Waals surface area contributed by atoms with Crippen LogP contribution in [0, 0.1) is 0 Å². The molecule has 1 unspecified atom stereocenters. The van der Waals surface area contributed by atoms with Gasteiger partial charge in [0, 0.05) is 16.6 Å². The van der Waals surface area contributed by atoms with E-state index in [0.717, 1.165) is 17.6 Å². The van der Waals surface area contributed by atoms with Crippen LogP contribution in [0.15, 0.2) is 45.6 Å². The molecule has 1 saturated heterocycles. The summed E-state index contributed by atoms with van der Waals surface area (Å²) in [4.78, 5) is 14.8. The smallest absolute Gasteiger partial charge is 0.251 e. The molecule has 116 valence electrons. The van der Waals surface area contributed by atoms with Crippen molar-refractivity contribution in [3.05, 3.63) is 56.7 Å². The van der Waals surface area contributed by atoms with Gasteiger partial charge in [0.2, 0.25) is 0 Å². The minimum Gasteiger partial charge on any atom is -0.350 e. The van der Waals surface area contributed by atoms with Crippen molar-refractivity contribution in [1.29, 1.82) is 0 Å². The van der Waals surface area contributed by atoms with Crippen LogP contribution in [0.4, 0.5) is 0 Å². The van der Waals surface area contributed by atoms with Gasteiger partial charge in [-0.25, -0.2) is 0 Å². The number of benzene rings is 1. The van der Waals surface area contributed by atoms with Crippen molar-refractivity contribution in [2.24, 2.45) is 0 Å². The van der Waals surface area contributed by atoms with Crippen molar-refractivity contribution < 1.29 is 4.79 Å². The second-order valence-corrected chi connectivity index (χ2v) is 7.23. The van der Waals surface area contributed by atoms with Crippen LogP contribution in [0.2, 0.25) is 0 Å². The number of likely N-dealkylation sites (tertiary alicyclic amines) is 1. The van der Waals surface area contributed by atoms with Gasteiger partial charge in [0.1, 0.15) is 0 Å². The van der Waals surface area contributed by atoms with Crippen molar-refractivity contribution in [3.63, 3.8) is 0 Å². The van der Waals surface area contributed by atoms with Crippen LogP contribution in [0.3, 0.4) is 0 Å². The topological polar surface area (TPSA) is 32.3 Å². The summed E-state index contributed by atoms with van der Waals surface area (Å²) >= 11 is 5.10. The lowest BCUT2D eigenvalue weighted by Crippen LogP contribution is -2.36. The first-order chi connectivity index (χ1) is 10.7. The Kier molecular flexibility index (Phi) is 5.28.